The summed E-state index contributed by atoms with van der Waals surface area (Å²) in [7, 11) is 1.74. The van der Waals surface area contributed by atoms with E-state index in [2.05, 4.69) is 44.7 Å². The molecule has 0 aliphatic carbocycles. The molecular formula is C21H36ClIN6O2. The van der Waals surface area contributed by atoms with E-state index in [4.69, 9.17) is 16.3 Å². The quantitative estimate of drug-likeness (QED) is 0.277. The zero-order valence-electron chi connectivity index (χ0n) is 19.2. The van der Waals surface area contributed by atoms with Gasteiger partial charge in [0.05, 0.1) is 11.1 Å². The summed E-state index contributed by atoms with van der Waals surface area (Å²) in [6, 6.07) is 3.82. The Hall–Kier alpha value is -1.49. The lowest BCUT2D eigenvalue weighted by Gasteiger charge is -2.27. The summed E-state index contributed by atoms with van der Waals surface area (Å²) in [5.41, 5.74) is -0.526. The number of hydrogen-bond acceptors (Lipinski definition) is 5. The topological polar surface area (TPSA) is 90.9 Å². The molecule has 8 nitrogen and oxygen atoms in total. The normalized spacial score (nSPS) is 17.7. The molecule has 2 rings (SSSR count). The van der Waals surface area contributed by atoms with Crippen molar-refractivity contribution in [1.29, 1.82) is 0 Å². The van der Waals surface area contributed by atoms with E-state index in [1.807, 2.05) is 32.9 Å². The van der Waals surface area contributed by atoms with Crippen LogP contribution in [0.25, 0.3) is 0 Å². The largest absolute Gasteiger partial charge is 0.444 e. The van der Waals surface area contributed by atoms with Crippen LogP contribution < -0.4 is 20.9 Å². The van der Waals surface area contributed by atoms with Crippen LogP contribution in [0.1, 0.15) is 41.0 Å². The zero-order valence-corrected chi connectivity index (χ0v) is 22.3. The van der Waals surface area contributed by atoms with Crippen molar-refractivity contribution in [1.82, 2.24) is 20.9 Å². The Morgan fingerprint density at radius 1 is 1.42 bits per heavy atom. The van der Waals surface area contributed by atoms with Crippen LogP contribution in [0.4, 0.5) is 10.6 Å². The number of nitrogens with one attached hydrogen (secondary N) is 3. The molecule has 0 bridgehead atoms. The molecule has 31 heavy (non-hydrogen) atoms. The third-order valence-corrected chi connectivity index (χ3v) is 5.08. The second kappa shape index (κ2) is 12.5. The number of hydrogen-bond donors (Lipinski definition) is 3. The molecule has 2 atom stereocenters. The molecule has 0 spiro atoms. The molecule has 2 heterocycles. The Morgan fingerprint density at radius 3 is 2.71 bits per heavy atom. The average molecular weight is 567 g/mol. The number of amides is 1. The SMILES string of the molecule is CN=C(NCC(NC(=O)OC(C)(C)C)C(C)C)NC1CCN(c2ncccc2Cl)C1.I. The van der Waals surface area contributed by atoms with E-state index in [0.717, 1.165) is 25.3 Å². The highest BCUT2D eigenvalue weighted by Gasteiger charge is 2.26. The van der Waals surface area contributed by atoms with Gasteiger partial charge in [-0.15, -0.1) is 24.0 Å². The highest BCUT2D eigenvalue weighted by Crippen LogP contribution is 2.25. The highest BCUT2D eigenvalue weighted by molar-refractivity contribution is 14.0. The van der Waals surface area contributed by atoms with Crippen molar-refractivity contribution < 1.29 is 9.53 Å². The Morgan fingerprint density at radius 2 is 2.13 bits per heavy atom. The van der Waals surface area contributed by atoms with Crippen molar-refractivity contribution in [2.45, 2.75) is 58.7 Å². The molecule has 1 saturated heterocycles. The number of ether oxygens (including phenoxy) is 1. The van der Waals surface area contributed by atoms with E-state index in [1.165, 1.54) is 0 Å². The molecule has 1 aromatic heterocycles. The van der Waals surface area contributed by atoms with Crippen LogP contribution in [0.15, 0.2) is 23.3 Å². The number of pyridine rings is 1. The number of halogens is 2. The number of carbonyl (C=O) groups is 1. The number of alkyl carbamates (subject to hydrolysis) is 1. The summed E-state index contributed by atoms with van der Waals surface area (Å²) >= 11 is 6.28. The van der Waals surface area contributed by atoms with Crippen molar-refractivity contribution >= 4 is 53.4 Å². The Kier molecular flexibility index (Phi) is 11.1. The van der Waals surface area contributed by atoms with Crippen LogP contribution in [-0.4, -0.2) is 61.4 Å². The molecule has 176 valence electrons. The number of nitrogens with zero attached hydrogens (tertiary/aromatic N) is 3. The second-order valence-electron chi connectivity index (χ2n) is 8.83. The first kappa shape index (κ1) is 27.5. The molecule has 1 amide bonds. The van der Waals surface area contributed by atoms with E-state index in [1.54, 1.807) is 13.2 Å². The molecule has 0 radical (unpaired) electrons. The van der Waals surface area contributed by atoms with Gasteiger partial charge in [-0.05, 0) is 45.2 Å². The average Bonchev–Trinajstić information content (AvgIpc) is 3.10. The lowest BCUT2D eigenvalue weighted by Crippen LogP contribution is -2.52. The molecule has 2 unspecified atom stereocenters. The van der Waals surface area contributed by atoms with Crippen LogP contribution in [0.3, 0.4) is 0 Å². The molecule has 3 N–H and O–H groups in total. The standard InChI is InChI=1S/C21H35ClN6O2.HI/c1-14(2)17(27-20(29)30-21(3,4)5)12-25-19(23-6)26-15-9-11-28(13-15)18-16(22)8-7-10-24-18;/h7-8,10,14-15,17H,9,11-13H2,1-6H3,(H,27,29)(H2,23,25,26);1H. The van der Waals surface area contributed by atoms with Crippen LogP contribution >= 0.6 is 35.6 Å². The van der Waals surface area contributed by atoms with Gasteiger partial charge >= 0.3 is 6.09 Å². The number of anilines is 1. The first-order valence-electron chi connectivity index (χ1n) is 10.4. The highest BCUT2D eigenvalue weighted by atomic mass is 127. The molecular weight excluding hydrogens is 531 g/mol. The van der Waals surface area contributed by atoms with Gasteiger partial charge in [0.25, 0.3) is 0 Å². The lowest BCUT2D eigenvalue weighted by molar-refractivity contribution is 0.0491. The predicted molar refractivity (Wildman–Crippen MR) is 138 cm³/mol. The Labute approximate surface area is 208 Å². The number of aromatic nitrogens is 1. The monoisotopic (exact) mass is 566 g/mol. The number of guanidine groups is 1. The Bertz CT molecular complexity index is 741. The summed E-state index contributed by atoms with van der Waals surface area (Å²) in [5, 5.41) is 10.4. The molecule has 1 aliphatic heterocycles. The smallest absolute Gasteiger partial charge is 0.407 e. The lowest BCUT2D eigenvalue weighted by atomic mass is 10.0. The molecule has 1 aromatic rings. The minimum atomic E-state index is -0.526. The van der Waals surface area contributed by atoms with Gasteiger partial charge in [-0.25, -0.2) is 9.78 Å². The van der Waals surface area contributed by atoms with Gasteiger partial charge in [0.2, 0.25) is 0 Å². The van der Waals surface area contributed by atoms with E-state index >= 15 is 0 Å². The summed E-state index contributed by atoms with van der Waals surface area (Å²) < 4.78 is 5.38. The number of rotatable bonds is 6. The van der Waals surface area contributed by atoms with Gasteiger partial charge in [0, 0.05) is 38.9 Å². The second-order valence-corrected chi connectivity index (χ2v) is 9.24. The number of aliphatic imine (C=N–C) groups is 1. The molecule has 10 heteroatoms. The summed E-state index contributed by atoms with van der Waals surface area (Å²) in [6.45, 7) is 11.9. The fraction of sp³-hybridized carbons (Fsp3) is 0.667. The van der Waals surface area contributed by atoms with Gasteiger partial charge in [0.1, 0.15) is 11.4 Å². The molecule has 1 aliphatic rings. The maximum Gasteiger partial charge on any atom is 0.407 e. The van der Waals surface area contributed by atoms with Crippen LogP contribution in [0, 0.1) is 5.92 Å². The van der Waals surface area contributed by atoms with Crippen molar-refractivity contribution in [3.63, 3.8) is 0 Å². The third-order valence-electron chi connectivity index (χ3n) is 4.79. The van der Waals surface area contributed by atoms with E-state index in [-0.39, 0.29) is 42.0 Å². The summed E-state index contributed by atoms with van der Waals surface area (Å²) in [6.07, 6.45) is 2.30. The maximum atomic E-state index is 12.1. The first-order valence-corrected chi connectivity index (χ1v) is 10.8. The fourth-order valence-corrected chi connectivity index (χ4v) is 3.43. The van der Waals surface area contributed by atoms with Crippen molar-refractivity contribution in [3.05, 3.63) is 23.4 Å². The first-order chi connectivity index (χ1) is 14.1. The number of carbonyl (C=O) groups excluding carboxylic acids is 1. The van der Waals surface area contributed by atoms with Crippen LogP contribution in [0.2, 0.25) is 5.02 Å². The van der Waals surface area contributed by atoms with Gasteiger partial charge in [-0.1, -0.05) is 25.4 Å². The van der Waals surface area contributed by atoms with Crippen molar-refractivity contribution in [2.75, 3.05) is 31.6 Å². The van der Waals surface area contributed by atoms with Crippen LogP contribution in [-0.2, 0) is 4.74 Å². The molecule has 1 fully saturated rings. The van der Waals surface area contributed by atoms with Gasteiger partial charge in [0.15, 0.2) is 5.96 Å². The minimum Gasteiger partial charge on any atom is -0.444 e. The van der Waals surface area contributed by atoms with Crippen LogP contribution in [0.5, 0.6) is 0 Å². The fourth-order valence-electron chi connectivity index (χ4n) is 3.19. The van der Waals surface area contributed by atoms with E-state index < -0.39 is 11.7 Å². The summed E-state index contributed by atoms with van der Waals surface area (Å²) in [4.78, 5) is 23.0. The van der Waals surface area contributed by atoms with Gasteiger partial charge < -0.3 is 25.6 Å². The Balaban J connectivity index is 0.00000480. The summed E-state index contributed by atoms with van der Waals surface area (Å²) in [5.74, 6) is 1.75. The maximum absolute atomic E-state index is 12.1. The van der Waals surface area contributed by atoms with Gasteiger partial charge in [-0.2, -0.15) is 0 Å². The minimum absolute atomic E-state index is 0. The third kappa shape index (κ3) is 9.26. The van der Waals surface area contributed by atoms with E-state index in [0.29, 0.717) is 17.5 Å². The van der Waals surface area contributed by atoms with Gasteiger partial charge in [-0.3, -0.25) is 4.99 Å². The van der Waals surface area contributed by atoms with E-state index in [9.17, 15) is 4.79 Å². The molecule has 0 aromatic carbocycles. The molecule has 0 saturated carbocycles. The van der Waals surface area contributed by atoms with Crippen molar-refractivity contribution in [2.24, 2.45) is 10.9 Å². The predicted octanol–water partition coefficient (Wildman–Crippen LogP) is 3.65. The zero-order chi connectivity index (χ0) is 22.3. The van der Waals surface area contributed by atoms with Crippen molar-refractivity contribution in [3.8, 4) is 0 Å².